The van der Waals surface area contributed by atoms with Crippen molar-refractivity contribution in [3.05, 3.63) is 35.6 Å². The maximum absolute atomic E-state index is 13.0. The molecule has 24 heavy (non-hydrogen) atoms. The second-order valence-corrected chi connectivity index (χ2v) is 7.00. The zero-order valence-electron chi connectivity index (χ0n) is 14.3. The van der Waals surface area contributed by atoms with Crippen LogP contribution in [0.4, 0.5) is 4.39 Å². The first kappa shape index (κ1) is 17.4. The average molecular weight is 333 g/mol. The fourth-order valence-electron chi connectivity index (χ4n) is 3.69. The molecule has 1 aromatic rings. The highest BCUT2D eigenvalue weighted by molar-refractivity contribution is 5.76. The van der Waals surface area contributed by atoms with E-state index in [0.717, 1.165) is 52.2 Å². The Labute approximate surface area is 144 Å². The Bertz CT molecular complexity index is 520. The highest BCUT2D eigenvalue weighted by Crippen LogP contribution is 2.22. The second-order valence-electron chi connectivity index (χ2n) is 7.00. The number of amides is 1. The van der Waals surface area contributed by atoms with Crippen molar-refractivity contribution in [3.8, 4) is 0 Å². The molecule has 0 aromatic heterocycles. The Balaban J connectivity index is 1.35. The summed E-state index contributed by atoms with van der Waals surface area (Å²) < 4.78 is 13.0. The number of carbonyl (C=O) groups is 1. The summed E-state index contributed by atoms with van der Waals surface area (Å²) in [6.45, 7) is 6.55. The van der Waals surface area contributed by atoms with Crippen LogP contribution >= 0.6 is 0 Å². The summed E-state index contributed by atoms with van der Waals surface area (Å²) in [5, 5.41) is 3.28. The van der Waals surface area contributed by atoms with Gasteiger partial charge < -0.3 is 15.1 Å². The van der Waals surface area contributed by atoms with Crippen LogP contribution in [-0.2, 0) is 11.2 Å². The molecule has 2 aliphatic heterocycles. The van der Waals surface area contributed by atoms with Crippen LogP contribution in [0.3, 0.4) is 0 Å². The fraction of sp³-hybridized carbons (Fsp3) is 0.632. The van der Waals surface area contributed by atoms with Gasteiger partial charge in [0.15, 0.2) is 0 Å². The predicted octanol–water partition coefficient (Wildman–Crippen LogP) is 1.90. The van der Waals surface area contributed by atoms with E-state index in [1.807, 2.05) is 17.0 Å². The van der Waals surface area contributed by atoms with Crippen LogP contribution < -0.4 is 5.32 Å². The number of piperidine rings is 1. The van der Waals surface area contributed by atoms with E-state index < -0.39 is 0 Å². The molecule has 1 aromatic carbocycles. The van der Waals surface area contributed by atoms with Gasteiger partial charge in [-0.2, -0.15) is 0 Å². The third-order valence-corrected chi connectivity index (χ3v) is 5.26. The van der Waals surface area contributed by atoms with Crippen molar-refractivity contribution in [2.24, 2.45) is 5.92 Å². The van der Waals surface area contributed by atoms with Crippen LogP contribution in [0.5, 0.6) is 0 Å². The zero-order chi connectivity index (χ0) is 16.8. The Hall–Kier alpha value is -1.46. The molecule has 0 bridgehead atoms. The number of halogens is 1. The lowest BCUT2D eigenvalue weighted by atomic mass is 9.90. The quantitative estimate of drug-likeness (QED) is 0.894. The molecule has 0 saturated carbocycles. The molecule has 1 N–H and O–H groups in total. The van der Waals surface area contributed by atoms with Crippen LogP contribution in [0, 0.1) is 11.7 Å². The Morgan fingerprint density at radius 2 is 1.75 bits per heavy atom. The van der Waals surface area contributed by atoms with Crippen LogP contribution in [-0.4, -0.2) is 61.5 Å². The van der Waals surface area contributed by atoms with Gasteiger partial charge in [-0.25, -0.2) is 4.39 Å². The molecule has 0 radical (unpaired) electrons. The lowest BCUT2D eigenvalue weighted by molar-refractivity contribution is -0.132. The molecule has 3 rings (SSSR count). The molecule has 1 amide bonds. The number of likely N-dealkylation sites (tertiary alicyclic amines) is 1. The molecule has 2 saturated heterocycles. The molecular weight excluding hydrogens is 305 g/mol. The largest absolute Gasteiger partial charge is 0.340 e. The van der Waals surface area contributed by atoms with Crippen molar-refractivity contribution in [2.45, 2.75) is 25.7 Å². The summed E-state index contributed by atoms with van der Waals surface area (Å²) in [5.41, 5.74) is 1.23. The monoisotopic (exact) mass is 333 g/mol. The van der Waals surface area contributed by atoms with Crippen molar-refractivity contribution in [2.75, 3.05) is 45.8 Å². The molecule has 0 unspecified atom stereocenters. The van der Waals surface area contributed by atoms with Crippen molar-refractivity contribution >= 4 is 5.91 Å². The van der Waals surface area contributed by atoms with Crippen molar-refractivity contribution in [1.82, 2.24) is 15.1 Å². The van der Waals surface area contributed by atoms with Crippen molar-refractivity contribution in [3.63, 3.8) is 0 Å². The highest BCUT2D eigenvalue weighted by atomic mass is 19.1. The van der Waals surface area contributed by atoms with E-state index in [2.05, 4.69) is 10.2 Å². The summed E-state index contributed by atoms with van der Waals surface area (Å²) in [7, 11) is 0. The molecule has 2 aliphatic rings. The van der Waals surface area contributed by atoms with Crippen LogP contribution in [0.2, 0.25) is 0 Å². The summed E-state index contributed by atoms with van der Waals surface area (Å²) in [4.78, 5) is 16.6. The number of carbonyl (C=O) groups excluding carboxylic acids is 1. The first-order valence-electron chi connectivity index (χ1n) is 9.16. The molecule has 2 heterocycles. The number of nitrogens with zero attached hydrogens (tertiary/aromatic N) is 2. The van der Waals surface area contributed by atoms with Crippen molar-refractivity contribution < 1.29 is 9.18 Å². The van der Waals surface area contributed by atoms with Gasteiger partial charge in [-0.1, -0.05) is 12.1 Å². The maximum Gasteiger partial charge on any atom is 0.223 e. The van der Waals surface area contributed by atoms with E-state index in [1.54, 1.807) is 12.1 Å². The van der Waals surface area contributed by atoms with E-state index >= 15 is 0 Å². The van der Waals surface area contributed by atoms with Gasteiger partial charge >= 0.3 is 0 Å². The Morgan fingerprint density at radius 3 is 2.42 bits per heavy atom. The number of hydrogen-bond acceptors (Lipinski definition) is 3. The molecular formula is C19H28FN3O. The van der Waals surface area contributed by atoms with Crippen LogP contribution in [0.15, 0.2) is 24.3 Å². The normalized spacial score (nSPS) is 20.3. The minimum atomic E-state index is -0.164. The standard InChI is InChI=1S/C19H28FN3O/c20-18-3-1-16(2-4-18)15-17-5-10-22(11-6-17)12-7-19(24)23-13-8-21-9-14-23/h1-4,17,21H,5-15H2. The summed E-state index contributed by atoms with van der Waals surface area (Å²) in [6, 6.07) is 6.89. The van der Waals surface area contributed by atoms with Crippen LogP contribution in [0.25, 0.3) is 0 Å². The number of rotatable bonds is 5. The fourth-order valence-corrected chi connectivity index (χ4v) is 3.69. The van der Waals surface area contributed by atoms with E-state index in [4.69, 9.17) is 0 Å². The molecule has 4 nitrogen and oxygen atoms in total. The van der Waals surface area contributed by atoms with Gasteiger partial charge in [0.1, 0.15) is 5.82 Å². The summed E-state index contributed by atoms with van der Waals surface area (Å²) >= 11 is 0. The lowest BCUT2D eigenvalue weighted by Crippen LogP contribution is -2.47. The topological polar surface area (TPSA) is 35.6 Å². The molecule has 0 atom stereocenters. The summed E-state index contributed by atoms with van der Waals surface area (Å²) in [5.74, 6) is 0.809. The molecule has 0 aliphatic carbocycles. The Morgan fingerprint density at radius 1 is 1.08 bits per heavy atom. The third-order valence-electron chi connectivity index (χ3n) is 5.26. The Kier molecular flexibility index (Phi) is 6.21. The average Bonchev–Trinajstić information content (AvgIpc) is 2.63. The number of hydrogen-bond donors (Lipinski definition) is 1. The van der Waals surface area contributed by atoms with Gasteiger partial charge in [0.2, 0.25) is 5.91 Å². The third kappa shape index (κ3) is 5.02. The van der Waals surface area contributed by atoms with E-state index in [0.29, 0.717) is 18.2 Å². The minimum Gasteiger partial charge on any atom is -0.340 e. The first-order valence-corrected chi connectivity index (χ1v) is 9.16. The van der Waals surface area contributed by atoms with Crippen LogP contribution in [0.1, 0.15) is 24.8 Å². The van der Waals surface area contributed by atoms with Gasteiger partial charge in [0.25, 0.3) is 0 Å². The predicted molar refractivity (Wildman–Crippen MR) is 93.3 cm³/mol. The van der Waals surface area contributed by atoms with Gasteiger partial charge in [-0.05, 0) is 56.0 Å². The number of nitrogens with one attached hydrogen (secondary N) is 1. The number of benzene rings is 1. The van der Waals surface area contributed by atoms with Gasteiger partial charge in [0.05, 0.1) is 0 Å². The van der Waals surface area contributed by atoms with Gasteiger partial charge in [-0.15, -0.1) is 0 Å². The van der Waals surface area contributed by atoms with Gasteiger partial charge in [0, 0.05) is 39.1 Å². The second kappa shape index (κ2) is 8.58. The first-order chi connectivity index (χ1) is 11.7. The summed E-state index contributed by atoms with van der Waals surface area (Å²) in [6.07, 6.45) is 4.01. The molecule has 132 valence electrons. The lowest BCUT2D eigenvalue weighted by Gasteiger charge is -2.33. The smallest absolute Gasteiger partial charge is 0.223 e. The zero-order valence-corrected chi connectivity index (χ0v) is 14.3. The van der Waals surface area contributed by atoms with E-state index in [1.165, 1.54) is 18.4 Å². The molecule has 5 heteroatoms. The number of piperazine rings is 1. The van der Waals surface area contributed by atoms with E-state index in [9.17, 15) is 9.18 Å². The maximum atomic E-state index is 13.0. The van der Waals surface area contributed by atoms with Gasteiger partial charge in [-0.3, -0.25) is 4.79 Å². The van der Waals surface area contributed by atoms with E-state index in [-0.39, 0.29) is 5.82 Å². The van der Waals surface area contributed by atoms with Crippen molar-refractivity contribution in [1.29, 1.82) is 0 Å². The highest BCUT2D eigenvalue weighted by Gasteiger charge is 2.21. The molecule has 0 spiro atoms. The minimum absolute atomic E-state index is 0.164. The SMILES string of the molecule is O=C(CCN1CCC(Cc2ccc(F)cc2)CC1)N1CCNCC1. The molecule has 2 fully saturated rings.